The number of methoxy groups -OCH3 is 1. The van der Waals surface area contributed by atoms with Crippen molar-refractivity contribution in [3.63, 3.8) is 0 Å². The van der Waals surface area contributed by atoms with Crippen molar-refractivity contribution in [2.24, 2.45) is 0 Å². The van der Waals surface area contributed by atoms with Crippen LogP contribution >= 0.6 is 0 Å². The summed E-state index contributed by atoms with van der Waals surface area (Å²) >= 11 is 0. The first-order valence-corrected chi connectivity index (χ1v) is 5.63. The Kier molecular flexibility index (Phi) is 3.34. The molecule has 0 spiro atoms. The number of fused-ring (bicyclic) bond motifs is 1. The molecule has 0 saturated carbocycles. The average molecular weight is 251 g/mol. The van der Waals surface area contributed by atoms with Gasteiger partial charge in [-0.15, -0.1) is 0 Å². The number of aromatic nitrogens is 1. The molecule has 5 heteroatoms. The molecule has 1 aromatic carbocycles. The van der Waals surface area contributed by atoms with Crippen LogP contribution in [0.5, 0.6) is 0 Å². The van der Waals surface area contributed by atoms with Crippen LogP contribution in [-0.4, -0.2) is 22.8 Å². The lowest BCUT2D eigenvalue weighted by Crippen LogP contribution is -2.17. The Morgan fingerprint density at radius 3 is 2.89 bits per heavy atom. The molecule has 0 aliphatic rings. The van der Waals surface area contributed by atoms with Crippen molar-refractivity contribution in [3.05, 3.63) is 35.8 Å². The number of hydrogen-bond acceptors (Lipinski definition) is 3. The second-order valence-corrected chi connectivity index (χ2v) is 3.91. The summed E-state index contributed by atoms with van der Waals surface area (Å²) < 4.78 is 19.8. The van der Waals surface area contributed by atoms with Crippen LogP contribution < -0.4 is 0 Å². The fraction of sp³-hybridized carbons (Fsp3) is 0.308. The molecule has 0 bridgehead atoms. The molecule has 0 aliphatic heterocycles. The number of ether oxygens (including phenoxy) is 1. The molecule has 0 aliphatic carbocycles. The summed E-state index contributed by atoms with van der Waals surface area (Å²) in [5, 5.41) is 10.3. The van der Waals surface area contributed by atoms with Gasteiger partial charge in [-0.2, -0.15) is 0 Å². The van der Waals surface area contributed by atoms with Gasteiger partial charge in [-0.05, 0) is 25.1 Å². The van der Waals surface area contributed by atoms with Crippen LogP contribution in [0.2, 0.25) is 0 Å². The zero-order valence-corrected chi connectivity index (χ0v) is 10.2. The van der Waals surface area contributed by atoms with Gasteiger partial charge >= 0.3 is 5.97 Å². The average Bonchev–Trinajstić information content (AvgIpc) is 2.76. The molecule has 2 aromatic rings. The van der Waals surface area contributed by atoms with Crippen molar-refractivity contribution in [1.82, 2.24) is 4.57 Å². The van der Waals surface area contributed by atoms with E-state index in [1.165, 1.54) is 19.2 Å². The highest BCUT2D eigenvalue weighted by atomic mass is 19.1. The van der Waals surface area contributed by atoms with E-state index in [-0.39, 0.29) is 5.82 Å². The Morgan fingerprint density at radius 2 is 2.28 bits per heavy atom. The van der Waals surface area contributed by atoms with Gasteiger partial charge in [-0.25, -0.2) is 9.18 Å². The molecule has 1 N–H and O–H groups in total. The lowest BCUT2D eigenvalue weighted by Gasteiger charge is -2.12. The Bertz CT molecular complexity index is 591. The quantitative estimate of drug-likeness (QED) is 0.849. The van der Waals surface area contributed by atoms with Gasteiger partial charge in [0.1, 0.15) is 5.82 Å². The lowest BCUT2D eigenvalue weighted by molar-refractivity contribution is -0.151. The number of carbonyl (C=O) groups is 1. The van der Waals surface area contributed by atoms with E-state index in [1.807, 2.05) is 6.92 Å². The third-order valence-corrected chi connectivity index (χ3v) is 2.95. The smallest absolute Gasteiger partial charge is 0.340 e. The Labute approximate surface area is 104 Å². The summed E-state index contributed by atoms with van der Waals surface area (Å²) in [7, 11) is 1.20. The first kappa shape index (κ1) is 12.6. The van der Waals surface area contributed by atoms with Crippen LogP contribution in [0.25, 0.3) is 10.9 Å². The summed E-state index contributed by atoms with van der Waals surface area (Å²) in [5.41, 5.74) is 0.986. The summed E-state index contributed by atoms with van der Waals surface area (Å²) in [6.07, 6.45) is -1.40. The normalized spacial score (nSPS) is 12.7. The van der Waals surface area contributed by atoms with E-state index in [4.69, 9.17) is 0 Å². The van der Waals surface area contributed by atoms with Gasteiger partial charge in [0.25, 0.3) is 0 Å². The predicted octanol–water partition coefficient (Wildman–Crippen LogP) is 2.01. The maximum atomic E-state index is 13.7. The van der Waals surface area contributed by atoms with Gasteiger partial charge in [0.15, 0.2) is 6.10 Å². The number of aliphatic hydroxyl groups is 1. The fourth-order valence-electron chi connectivity index (χ4n) is 2.08. The van der Waals surface area contributed by atoms with Crippen LogP contribution in [0.4, 0.5) is 4.39 Å². The molecule has 4 nitrogen and oxygen atoms in total. The van der Waals surface area contributed by atoms with Crippen LogP contribution in [0, 0.1) is 5.82 Å². The van der Waals surface area contributed by atoms with Gasteiger partial charge < -0.3 is 14.4 Å². The topological polar surface area (TPSA) is 51.5 Å². The number of hydrogen-bond donors (Lipinski definition) is 1. The Balaban J connectivity index is 2.64. The highest BCUT2D eigenvalue weighted by Gasteiger charge is 2.23. The van der Waals surface area contributed by atoms with E-state index >= 15 is 0 Å². The van der Waals surface area contributed by atoms with Crippen LogP contribution in [0.1, 0.15) is 18.7 Å². The number of carbonyl (C=O) groups excluding carboxylic acids is 1. The van der Waals surface area contributed by atoms with Crippen molar-refractivity contribution >= 4 is 16.9 Å². The van der Waals surface area contributed by atoms with Gasteiger partial charge in [0.05, 0.1) is 18.3 Å². The van der Waals surface area contributed by atoms with Crippen molar-refractivity contribution in [2.45, 2.75) is 19.6 Å². The largest absolute Gasteiger partial charge is 0.467 e. The maximum absolute atomic E-state index is 13.7. The molecule has 1 aromatic heterocycles. The summed E-state index contributed by atoms with van der Waals surface area (Å²) in [6, 6.07) is 6.17. The zero-order valence-electron chi connectivity index (χ0n) is 10.2. The van der Waals surface area contributed by atoms with E-state index in [9.17, 15) is 14.3 Å². The van der Waals surface area contributed by atoms with E-state index in [1.54, 1.807) is 16.7 Å². The number of nitrogens with zero attached hydrogens (tertiary/aromatic N) is 1. The molecule has 96 valence electrons. The minimum atomic E-state index is -1.40. The first-order valence-electron chi connectivity index (χ1n) is 5.63. The third kappa shape index (κ3) is 1.86. The van der Waals surface area contributed by atoms with Gasteiger partial charge in [-0.1, -0.05) is 6.07 Å². The highest BCUT2D eigenvalue weighted by molar-refractivity contribution is 5.85. The van der Waals surface area contributed by atoms with Crippen molar-refractivity contribution in [1.29, 1.82) is 0 Å². The summed E-state index contributed by atoms with van der Waals surface area (Å²) in [5.74, 6) is -1.13. The van der Waals surface area contributed by atoms with Gasteiger partial charge in [0.2, 0.25) is 0 Å². The lowest BCUT2D eigenvalue weighted by atomic mass is 10.2. The number of benzene rings is 1. The monoisotopic (exact) mass is 251 g/mol. The predicted molar refractivity (Wildman–Crippen MR) is 64.5 cm³/mol. The highest BCUT2D eigenvalue weighted by Crippen LogP contribution is 2.27. The molecular formula is C13H14FNO3. The van der Waals surface area contributed by atoms with E-state index in [0.29, 0.717) is 23.1 Å². The van der Waals surface area contributed by atoms with Gasteiger partial charge in [0, 0.05) is 11.9 Å². The molecule has 1 heterocycles. The molecule has 0 radical (unpaired) electrons. The van der Waals surface area contributed by atoms with Crippen molar-refractivity contribution in [3.8, 4) is 0 Å². The zero-order chi connectivity index (χ0) is 13.3. The fourth-order valence-corrected chi connectivity index (χ4v) is 2.08. The number of halogens is 1. The number of aliphatic hydroxyl groups excluding tert-OH is 1. The van der Waals surface area contributed by atoms with E-state index < -0.39 is 12.1 Å². The number of aryl methyl sites for hydroxylation is 1. The van der Waals surface area contributed by atoms with E-state index in [2.05, 4.69) is 4.74 Å². The minimum Gasteiger partial charge on any atom is -0.467 e. The van der Waals surface area contributed by atoms with Crippen LogP contribution in [-0.2, 0) is 16.1 Å². The molecular weight excluding hydrogens is 237 g/mol. The molecule has 1 unspecified atom stereocenters. The molecule has 1 atom stereocenters. The SMILES string of the molecule is CCn1c(C(O)C(=O)OC)cc2c(F)cccc21. The number of esters is 1. The van der Waals surface area contributed by atoms with Crippen LogP contribution in [0.15, 0.2) is 24.3 Å². The molecule has 0 saturated heterocycles. The summed E-state index contributed by atoms with van der Waals surface area (Å²) in [6.45, 7) is 2.38. The molecule has 0 fully saturated rings. The summed E-state index contributed by atoms with van der Waals surface area (Å²) in [4.78, 5) is 11.4. The second-order valence-electron chi connectivity index (χ2n) is 3.91. The standard InChI is InChI=1S/C13H14FNO3/c1-3-15-10-6-4-5-9(14)8(10)7-11(15)12(16)13(17)18-2/h4-7,12,16H,3H2,1-2H3. The first-order chi connectivity index (χ1) is 8.60. The van der Waals surface area contributed by atoms with E-state index in [0.717, 1.165) is 0 Å². The Hall–Kier alpha value is -1.88. The van der Waals surface area contributed by atoms with Gasteiger partial charge in [-0.3, -0.25) is 0 Å². The maximum Gasteiger partial charge on any atom is 0.340 e. The van der Waals surface area contributed by atoms with Crippen molar-refractivity contribution in [2.75, 3.05) is 7.11 Å². The molecule has 18 heavy (non-hydrogen) atoms. The molecule has 2 rings (SSSR count). The van der Waals surface area contributed by atoms with Crippen LogP contribution in [0.3, 0.4) is 0 Å². The minimum absolute atomic E-state index is 0.337. The van der Waals surface area contributed by atoms with Crippen molar-refractivity contribution < 1.29 is 19.0 Å². The third-order valence-electron chi connectivity index (χ3n) is 2.95. The second kappa shape index (κ2) is 4.78. The Morgan fingerprint density at radius 1 is 1.56 bits per heavy atom. The molecule has 0 amide bonds. The number of rotatable bonds is 3.